The van der Waals surface area contributed by atoms with Crippen LogP contribution in [0.2, 0.25) is 5.02 Å². The maximum Gasteiger partial charge on any atom is 0.0426 e. The summed E-state index contributed by atoms with van der Waals surface area (Å²) < 4.78 is 0. The molecule has 2 N–H and O–H groups in total. The molecular formula is C11H13ClN2. The Morgan fingerprint density at radius 1 is 1.29 bits per heavy atom. The van der Waals surface area contributed by atoms with Crippen LogP contribution >= 0.6 is 11.6 Å². The van der Waals surface area contributed by atoms with E-state index in [1.807, 2.05) is 18.2 Å². The van der Waals surface area contributed by atoms with Crippen LogP contribution in [0.3, 0.4) is 0 Å². The van der Waals surface area contributed by atoms with Crippen molar-refractivity contribution in [1.82, 2.24) is 0 Å². The molecule has 3 rings (SSSR count). The molecule has 3 heteroatoms. The number of piperidine rings is 1. The van der Waals surface area contributed by atoms with E-state index in [9.17, 15) is 0 Å². The van der Waals surface area contributed by atoms with Crippen molar-refractivity contribution in [1.29, 1.82) is 0 Å². The summed E-state index contributed by atoms with van der Waals surface area (Å²) in [6, 6.07) is 8.51. The third-order valence-corrected chi connectivity index (χ3v) is 3.67. The molecule has 1 saturated carbocycles. The fourth-order valence-corrected chi connectivity index (χ4v) is 2.64. The maximum absolute atomic E-state index is 5.95. The lowest BCUT2D eigenvalue weighted by Crippen LogP contribution is -2.27. The second-order valence-electron chi connectivity index (χ2n) is 4.29. The van der Waals surface area contributed by atoms with Crippen LogP contribution in [-0.4, -0.2) is 19.1 Å². The van der Waals surface area contributed by atoms with Crippen molar-refractivity contribution in [3.05, 3.63) is 29.3 Å². The SMILES string of the molecule is NC1C2CN(c3cccc(Cl)c3)CC12. The van der Waals surface area contributed by atoms with Gasteiger partial charge in [0.25, 0.3) is 0 Å². The van der Waals surface area contributed by atoms with Crippen molar-refractivity contribution in [3.63, 3.8) is 0 Å². The summed E-state index contributed by atoms with van der Waals surface area (Å²) in [5, 5.41) is 0.812. The first kappa shape index (κ1) is 8.57. The van der Waals surface area contributed by atoms with Crippen molar-refractivity contribution < 1.29 is 0 Å². The molecule has 1 aromatic rings. The Balaban J connectivity index is 1.79. The number of anilines is 1. The fraction of sp³-hybridized carbons (Fsp3) is 0.455. The summed E-state index contributed by atoms with van der Waals surface area (Å²) in [6.07, 6.45) is 0. The standard InChI is InChI=1S/C11H13ClN2/c12-7-2-1-3-8(4-7)14-5-9-10(6-14)11(9)13/h1-4,9-11H,5-6,13H2. The molecular weight excluding hydrogens is 196 g/mol. The second kappa shape index (κ2) is 2.88. The Hall–Kier alpha value is -0.730. The van der Waals surface area contributed by atoms with Crippen molar-refractivity contribution in [3.8, 4) is 0 Å². The normalized spacial score (nSPS) is 34.4. The first-order valence-electron chi connectivity index (χ1n) is 5.02. The van der Waals surface area contributed by atoms with Gasteiger partial charge in [-0.3, -0.25) is 0 Å². The lowest BCUT2D eigenvalue weighted by molar-refractivity contribution is 0.743. The minimum absolute atomic E-state index is 0.463. The summed E-state index contributed by atoms with van der Waals surface area (Å²) in [6.45, 7) is 2.21. The first-order chi connectivity index (χ1) is 6.75. The van der Waals surface area contributed by atoms with Crippen LogP contribution in [0.5, 0.6) is 0 Å². The van der Waals surface area contributed by atoms with Gasteiger partial charge in [-0.05, 0) is 30.0 Å². The monoisotopic (exact) mass is 208 g/mol. The van der Waals surface area contributed by atoms with Crippen molar-refractivity contribution in [2.45, 2.75) is 6.04 Å². The highest BCUT2D eigenvalue weighted by Gasteiger charge is 2.53. The average Bonchev–Trinajstić information content (AvgIpc) is 2.66. The number of halogens is 1. The summed E-state index contributed by atoms with van der Waals surface area (Å²) in [5.41, 5.74) is 7.12. The minimum Gasteiger partial charge on any atom is -0.371 e. The molecule has 0 aromatic heterocycles. The van der Waals surface area contributed by atoms with E-state index in [2.05, 4.69) is 11.0 Å². The smallest absolute Gasteiger partial charge is 0.0426 e. The van der Waals surface area contributed by atoms with E-state index >= 15 is 0 Å². The summed E-state index contributed by atoms with van der Waals surface area (Å²) in [7, 11) is 0. The average molecular weight is 209 g/mol. The molecule has 2 atom stereocenters. The molecule has 0 bridgehead atoms. The van der Waals surface area contributed by atoms with Gasteiger partial charge < -0.3 is 10.6 Å². The van der Waals surface area contributed by atoms with E-state index < -0.39 is 0 Å². The molecule has 14 heavy (non-hydrogen) atoms. The van der Waals surface area contributed by atoms with Crippen LogP contribution < -0.4 is 10.6 Å². The molecule has 2 unspecified atom stereocenters. The second-order valence-corrected chi connectivity index (χ2v) is 4.73. The van der Waals surface area contributed by atoms with Gasteiger partial charge in [0.05, 0.1) is 0 Å². The highest BCUT2D eigenvalue weighted by Crippen LogP contribution is 2.45. The van der Waals surface area contributed by atoms with Crippen molar-refractivity contribution >= 4 is 17.3 Å². The molecule has 1 aromatic carbocycles. The number of rotatable bonds is 1. The van der Waals surface area contributed by atoms with Crippen LogP contribution in [0.4, 0.5) is 5.69 Å². The summed E-state index contributed by atoms with van der Waals surface area (Å²) >= 11 is 5.95. The highest BCUT2D eigenvalue weighted by molar-refractivity contribution is 6.30. The third kappa shape index (κ3) is 1.22. The van der Waals surface area contributed by atoms with Gasteiger partial charge in [-0.1, -0.05) is 17.7 Å². The van der Waals surface area contributed by atoms with Crippen LogP contribution in [0.25, 0.3) is 0 Å². The van der Waals surface area contributed by atoms with Crippen LogP contribution in [0.15, 0.2) is 24.3 Å². The highest BCUT2D eigenvalue weighted by atomic mass is 35.5. The van der Waals surface area contributed by atoms with Gasteiger partial charge in [0.2, 0.25) is 0 Å². The molecule has 2 nitrogen and oxygen atoms in total. The number of fused-ring (bicyclic) bond motifs is 1. The summed E-state index contributed by atoms with van der Waals surface area (Å²) in [4.78, 5) is 2.38. The lowest BCUT2D eigenvalue weighted by atomic mass is 10.2. The van der Waals surface area contributed by atoms with Gasteiger partial charge >= 0.3 is 0 Å². The minimum atomic E-state index is 0.463. The van der Waals surface area contributed by atoms with Crippen molar-refractivity contribution in [2.24, 2.45) is 17.6 Å². The van der Waals surface area contributed by atoms with Crippen LogP contribution in [0.1, 0.15) is 0 Å². The number of nitrogens with two attached hydrogens (primary N) is 1. The topological polar surface area (TPSA) is 29.3 Å². The summed E-state index contributed by atoms with van der Waals surface area (Å²) in [5.74, 6) is 1.46. The van der Waals surface area contributed by atoms with E-state index in [-0.39, 0.29) is 0 Å². The van der Waals surface area contributed by atoms with Crippen LogP contribution in [0, 0.1) is 11.8 Å². The van der Waals surface area contributed by atoms with E-state index in [0.29, 0.717) is 6.04 Å². The van der Waals surface area contributed by atoms with Crippen molar-refractivity contribution in [2.75, 3.05) is 18.0 Å². The fourth-order valence-electron chi connectivity index (χ4n) is 2.46. The van der Waals surface area contributed by atoms with Gasteiger partial charge in [0, 0.05) is 29.8 Å². The number of hydrogen-bond donors (Lipinski definition) is 1. The molecule has 1 heterocycles. The van der Waals surface area contributed by atoms with Crippen LogP contribution in [-0.2, 0) is 0 Å². The molecule has 1 aliphatic carbocycles. The Bertz CT molecular complexity index is 354. The van der Waals surface area contributed by atoms with Gasteiger partial charge in [-0.15, -0.1) is 0 Å². The quantitative estimate of drug-likeness (QED) is 0.762. The molecule has 74 valence electrons. The Labute approximate surface area is 88.6 Å². The maximum atomic E-state index is 5.95. The number of nitrogens with zero attached hydrogens (tertiary/aromatic N) is 1. The molecule has 1 saturated heterocycles. The predicted octanol–water partition coefficient (Wildman–Crippen LogP) is 1.73. The van der Waals surface area contributed by atoms with E-state index in [1.54, 1.807) is 0 Å². The lowest BCUT2D eigenvalue weighted by Gasteiger charge is -2.21. The Morgan fingerprint density at radius 3 is 2.64 bits per heavy atom. The van der Waals surface area contributed by atoms with E-state index in [1.165, 1.54) is 5.69 Å². The Morgan fingerprint density at radius 2 is 2.00 bits per heavy atom. The third-order valence-electron chi connectivity index (χ3n) is 3.43. The Kier molecular flexibility index (Phi) is 1.76. The van der Waals surface area contributed by atoms with Gasteiger partial charge in [-0.2, -0.15) is 0 Å². The molecule has 0 amide bonds. The molecule has 2 fully saturated rings. The number of benzene rings is 1. The largest absolute Gasteiger partial charge is 0.371 e. The van der Waals surface area contributed by atoms with E-state index in [0.717, 1.165) is 29.9 Å². The molecule has 1 aliphatic heterocycles. The zero-order valence-electron chi connectivity index (χ0n) is 7.86. The van der Waals surface area contributed by atoms with E-state index in [4.69, 9.17) is 17.3 Å². The van der Waals surface area contributed by atoms with Gasteiger partial charge in [-0.25, -0.2) is 0 Å². The first-order valence-corrected chi connectivity index (χ1v) is 5.39. The zero-order valence-corrected chi connectivity index (χ0v) is 8.61. The molecule has 0 radical (unpaired) electrons. The predicted molar refractivity (Wildman–Crippen MR) is 58.6 cm³/mol. The zero-order chi connectivity index (χ0) is 9.71. The molecule has 0 spiro atoms. The molecule has 2 aliphatic rings. The number of hydrogen-bond acceptors (Lipinski definition) is 2. The van der Waals surface area contributed by atoms with Gasteiger partial charge in [0.15, 0.2) is 0 Å². The van der Waals surface area contributed by atoms with Gasteiger partial charge in [0.1, 0.15) is 0 Å².